The van der Waals surface area contributed by atoms with Gasteiger partial charge >= 0.3 is 0 Å². The van der Waals surface area contributed by atoms with Crippen LogP contribution in [0, 0.1) is 6.92 Å². The van der Waals surface area contributed by atoms with E-state index >= 15 is 0 Å². The van der Waals surface area contributed by atoms with Gasteiger partial charge in [-0.25, -0.2) is 0 Å². The molecule has 0 aliphatic rings. The third-order valence-electron chi connectivity index (χ3n) is 11.9. The van der Waals surface area contributed by atoms with Gasteiger partial charge in [0.05, 0.1) is 5.69 Å². The van der Waals surface area contributed by atoms with Gasteiger partial charge in [-0.1, -0.05) is 176 Å². The Morgan fingerprint density at radius 1 is 0.339 bits per heavy atom. The molecule has 0 aliphatic carbocycles. The first kappa shape index (κ1) is 34.6. The summed E-state index contributed by atoms with van der Waals surface area (Å²) in [7, 11) is 0. The van der Waals surface area contributed by atoms with E-state index in [2.05, 4.69) is 218 Å². The molecule has 0 bridgehead atoms. The molecule has 278 valence electrons. The van der Waals surface area contributed by atoms with Crippen LogP contribution in [0.15, 0.2) is 223 Å². The lowest BCUT2D eigenvalue weighted by Gasteiger charge is -2.28. The molecule has 11 rings (SSSR count). The molecule has 0 unspecified atom stereocenters. The first-order valence-corrected chi connectivity index (χ1v) is 20.2. The number of anilines is 3. The Balaban J connectivity index is 0.957. The van der Waals surface area contributed by atoms with Crippen LogP contribution < -0.4 is 4.90 Å². The minimum Gasteiger partial charge on any atom is -0.456 e. The van der Waals surface area contributed by atoms with Gasteiger partial charge in [0, 0.05) is 33.3 Å². The molecule has 0 radical (unpaired) electrons. The Morgan fingerprint density at radius 3 is 1.56 bits per heavy atom. The van der Waals surface area contributed by atoms with Crippen molar-refractivity contribution in [2.45, 2.75) is 6.92 Å². The second kappa shape index (κ2) is 14.4. The van der Waals surface area contributed by atoms with Crippen LogP contribution in [-0.2, 0) is 0 Å². The topological polar surface area (TPSA) is 16.4 Å². The van der Waals surface area contributed by atoms with Crippen molar-refractivity contribution in [3.8, 4) is 44.7 Å². The second-order valence-electron chi connectivity index (χ2n) is 15.3. The Labute approximate surface area is 343 Å². The predicted octanol–water partition coefficient (Wildman–Crippen LogP) is 16.3. The monoisotopic (exact) mass is 753 g/mol. The maximum Gasteiger partial charge on any atom is 0.138 e. The van der Waals surface area contributed by atoms with Gasteiger partial charge in [-0.2, -0.15) is 0 Å². The van der Waals surface area contributed by atoms with Gasteiger partial charge in [0.1, 0.15) is 11.3 Å². The first-order valence-electron chi connectivity index (χ1n) is 20.2. The predicted molar refractivity (Wildman–Crippen MR) is 250 cm³/mol. The summed E-state index contributed by atoms with van der Waals surface area (Å²) >= 11 is 0. The molecule has 1 heterocycles. The average Bonchev–Trinajstić information content (AvgIpc) is 3.65. The number of rotatable bonds is 7. The van der Waals surface area contributed by atoms with Gasteiger partial charge in [-0.15, -0.1) is 0 Å². The molecule has 0 atom stereocenters. The summed E-state index contributed by atoms with van der Waals surface area (Å²) in [6, 6.07) is 78.8. The highest BCUT2D eigenvalue weighted by Crippen LogP contribution is 2.43. The highest BCUT2D eigenvalue weighted by atomic mass is 16.3. The van der Waals surface area contributed by atoms with E-state index < -0.39 is 0 Å². The number of hydrogen-bond donors (Lipinski definition) is 0. The average molecular weight is 754 g/mol. The summed E-state index contributed by atoms with van der Waals surface area (Å²) in [6.45, 7) is 2.14. The number of fused-ring (bicyclic) bond motifs is 5. The van der Waals surface area contributed by atoms with Gasteiger partial charge in [0.15, 0.2) is 0 Å². The number of nitrogens with zero attached hydrogens (tertiary/aromatic N) is 1. The van der Waals surface area contributed by atoms with Gasteiger partial charge in [0.2, 0.25) is 0 Å². The van der Waals surface area contributed by atoms with Crippen molar-refractivity contribution >= 4 is 60.3 Å². The molecule has 0 saturated carbocycles. The lowest BCUT2D eigenvalue weighted by molar-refractivity contribution is 0.629. The molecule has 0 aliphatic heterocycles. The minimum absolute atomic E-state index is 0.921. The van der Waals surface area contributed by atoms with E-state index in [1.54, 1.807) is 0 Å². The zero-order valence-electron chi connectivity index (χ0n) is 32.6. The molecule has 0 amide bonds. The summed E-state index contributed by atoms with van der Waals surface area (Å²) in [5.74, 6) is 0.927. The van der Waals surface area contributed by atoms with Gasteiger partial charge in [-0.05, 0) is 110 Å². The Kier molecular flexibility index (Phi) is 8.41. The Hall–Kier alpha value is -7.68. The minimum atomic E-state index is 0.921. The second-order valence-corrected chi connectivity index (χ2v) is 15.3. The van der Waals surface area contributed by atoms with Crippen molar-refractivity contribution in [2.75, 3.05) is 4.90 Å². The SMILES string of the molecule is Cc1c(-c2cccc(-c3ccc(-c4ccc(N(c5ccc(-c6cccc7ccccc67)cc5)c5cc6ccccc6c6ccccc56)cc4)cc3)c2)oc2ccccc12. The van der Waals surface area contributed by atoms with Crippen LogP contribution in [0.3, 0.4) is 0 Å². The van der Waals surface area contributed by atoms with Crippen molar-refractivity contribution in [2.24, 2.45) is 0 Å². The summed E-state index contributed by atoms with van der Waals surface area (Å²) in [5, 5.41) is 8.59. The van der Waals surface area contributed by atoms with Crippen LogP contribution in [0.5, 0.6) is 0 Å². The lowest BCUT2D eigenvalue weighted by atomic mass is 9.96. The molecule has 11 aromatic rings. The smallest absolute Gasteiger partial charge is 0.138 e. The number of furan rings is 1. The molecular weight excluding hydrogens is 715 g/mol. The normalized spacial score (nSPS) is 11.5. The molecule has 0 fully saturated rings. The number of para-hydroxylation sites is 1. The van der Waals surface area contributed by atoms with E-state index in [1.807, 2.05) is 12.1 Å². The Morgan fingerprint density at radius 2 is 0.847 bits per heavy atom. The highest BCUT2D eigenvalue weighted by molar-refractivity contribution is 6.14. The van der Waals surface area contributed by atoms with E-state index in [0.29, 0.717) is 0 Å². The summed E-state index contributed by atoms with van der Waals surface area (Å²) in [4.78, 5) is 2.41. The van der Waals surface area contributed by atoms with Crippen molar-refractivity contribution in [1.29, 1.82) is 0 Å². The maximum atomic E-state index is 6.31. The van der Waals surface area contributed by atoms with Crippen LogP contribution >= 0.6 is 0 Å². The third-order valence-corrected chi connectivity index (χ3v) is 11.9. The zero-order valence-corrected chi connectivity index (χ0v) is 32.6. The summed E-state index contributed by atoms with van der Waals surface area (Å²) in [6.07, 6.45) is 0. The van der Waals surface area contributed by atoms with E-state index in [1.165, 1.54) is 65.7 Å². The van der Waals surface area contributed by atoms with Crippen LogP contribution in [0.1, 0.15) is 5.56 Å². The molecule has 2 heteroatoms. The van der Waals surface area contributed by atoms with Crippen molar-refractivity contribution in [1.82, 2.24) is 0 Å². The lowest BCUT2D eigenvalue weighted by Crippen LogP contribution is -2.10. The molecule has 0 N–H and O–H groups in total. The number of benzene rings is 10. The van der Waals surface area contributed by atoms with Crippen LogP contribution in [0.4, 0.5) is 17.1 Å². The Bertz CT molecular complexity index is 3310. The molecule has 1 aromatic heterocycles. The molecule has 59 heavy (non-hydrogen) atoms. The van der Waals surface area contributed by atoms with Crippen LogP contribution in [-0.4, -0.2) is 0 Å². The summed E-state index contributed by atoms with van der Waals surface area (Å²) < 4.78 is 6.31. The fourth-order valence-corrected chi connectivity index (χ4v) is 8.86. The number of hydrogen-bond acceptors (Lipinski definition) is 2. The maximum absolute atomic E-state index is 6.31. The molecular formula is C57H39NO. The van der Waals surface area contributed by atoms with E-state index in [4.69, 9.17) is 4.42 Å². The fraction of sp³-hybridized carbons (Fsp3) is 0.0175. The third kappa shape index (κ3) is 6.14. The van der Waals surface area contributed by atoms with Gasteiger partial charge in [0.25, 0.3) is 0 Å². The quantitative estimate of drug-likeness (QED) is 0.151. The molecule has 10 aromatic carbocycles. The summed E-state index contributed by atoms with van der Waals surface area (Å²) in [5.41, 5.74) is 13.6. The largest absolute Gasteiger partial charge is 0.456 e. The van der Waals surface area contributed by atoms with Crippen molar-refractivity contribution in [3.05, 3.63) is 224 Å². The first-order chi connectivity index (χ1) is 29.2. The van der Waals surface area contributed by atoms with Crippen molar-refractivity contribution < 1.29 is 4.42 Å². The van der Waals surface area contributed by atoms with Gasteiger partial charge in [-0.3, -0.25) is 0 Å². The van der Waals surface area contributed by atoms with E-state index in [9.17, 15) is 0 Å². The van der Waals surface area contributed by atoms with Crippen LogP contribution in [0.2, 0.25) is 0 Å². The van der Waals surface area contributed by atoms with Gasteiger partial charge < -0.3 is 9.32 Å². The molecule has 0 saturated heterocycles. The zero-order chi connectivity index (χ0) is 39.3. The van der Waals surface area contributed by atoms with E-state index in [0.717, 1.165) is 44.9 Å². The standard InChI is InChI=1S/C57H39NO/c1-38-49-17-8-9-23-56(49)59-57(38)46-16-10-15-44(36-46)41-26-24-39(25-27-41)40-28-32-47(33-29-40)58(55-37-45-13-3-5-19-52(45)53-20-6-7-21-54(53)55)48-34-30-43(31-35-48)51-22-11-14-42-12-2-4-18-50(42)51/h2-37H,1H3. The van der Waals surface area contributed by atoms with E-state index in [-0.39, 0.29) is 0 Å². The number of aryl methyl sites for hydroxylation is 1. The van der Waals surface area contributed by atoms with Crippen molar-refractivity contribution in [3.63, 3.8) is 0 Å². The van der Waals surface area contributed by atoms with Crippen LogP contribution in [0.25, 0.3) is 88.0 Å². The fourth-order valence-electron chi connectivity index (χ4n) is 8.86. The molecule has 0 spiro atoms. The molecule has 2 nitrogen and oxygen atoms in total. The highest BCUT2D eigenvalue weighted by Gasteiger charge is 2.18.